The van der Waals surface area contributed by atoms with Crippen molar-refractivity contribution in [2.45, 2.75) is 20.0 Å². The standard InChI is InChI=1S/C11H16O3/c1-7-10(8(2)12)5-9(13-3)6-11(7)14-4/h5-6,8,12H,1-4H3. The molecule has 78 valence electrons. The average Bonchev–Trinajstić information content (AvgIpc) is 2.17. The molecule has 1 rings (SSSR count). The highest BCUT2D eigenvalue weighted by atomic mass is 16.5. The van der Waals surface area contributed by atoms with E-state index in [2.05, 4.69) is 0 Å². The molecule has 0 saturated carbocycles. The van der Waals surface area contributed by atoms with E-state index in [1.54, 1.807) is 27.2 Å². The van der Waals surface area contributed by atoms with E-state index in [0.29, 0.717) is 5.75 Å². The maximum atomic E-state index is 9.53. The molecule has 0 spiro atoms. The summed E-state index contributed by atoms with van der Waals surface area (Å²) in [6, 6.07) is 3.63. The van der Waals surface area contributed by atoms with Gasteiger partial charge in [-0.15, -0.1) is 0 Å². The lowest BCUT2D eigenvalue weighted by Crippen LogP contribution is -1.99. The quantitative estimate of drug-likeness (QED) is 0.804. The first-order valence-corrected chi connectivity index (χ1v) is 4.50. The minimum atomic E-state index is -0.515. The van der Waals surface area contributed by atoms with Gasteiger partial charge in [0.15, 0.2) is 0 Å². The van der Waals surface area contributed by atoms with Crippen LogP contribution < -0.4 is 9.47 Å². The first kappa shape index (κ1) is 10.9. The van der Waals surface area contributed by atoms with E-state index in [0.717, 1.165) is 16.9 Å². The average molecular weight is 196 g/mol. The van der Waals surface area contributed by atoms with E-state index in [4.69, 9.17) is 9.47 Å². The van der Waals surface area contributed by atoms with Crippen LogP contribution in [0.4, 0.5) is 0 Å². The molecule has 0 aliphatic carbocycles. The molecule has 0 saturated heterocycles. The molecule has 1 aromatic carbocycles. The topological polar surface area (TPSA) is 38.7 Å². The van der Waals surface area contributed by atoms with Crippen molar-refractivity contribution >= 4 is 0 Å². The number of benzene rings is 1. The zero-order valence-corrected chi connectivity index (χ0v) is 9.00. The Bertz CT molecular complexity index is 319. The number of aliphatic hydroxyl groups excluding tert-OH is 1. The zero-order valence-electron chi connectivity index (χ0n) is 9.00. The van der Waals surface area contributed by atoms with Gasteiger partial charge in [-0.2, -0.15) is 0 Å². The van der Waals surface area contributed by atoms with Gasteiger partial charge in [-0.05, 0) is 31.0 Å². The summed E-state index contributed by atoms with van der Waals surface area (Å²) in [5, 5.41) is 9.53. The highest BCUT2D eigenvalue weighted by Gasteiger charge is 2.11. The molecule has 14 heavy (non-hydrogen) atoms. The third-order valence-electron chi connectivity index (χ3n) is 2.28. The molecule has 0 aliphatic rings. The predicted molar refractivity (Wildman–Crippen MR) is 54.9 cm³/mol. The van der Waals surface area contributed by atoms with Crippen molar-refractivity contribution in [3.63, 3.8) is 0 Å². The molecule has 1 unspecified atom stereocenters. The van der Waals surface area contributed by atoms with Crippen LogP contribution in [-0.2, 0) is 0 Å². The summed E-state index contributed by atoms with van der Waals surface area (Å²) in [6.45, 7) is 3.64. The van der Waals surface area contributed by atoms with Crippen molar-refractivity contribution in [3.8, 4) is 11.5 Å². The molecule has 0 radical (unpaired) electrons. The molecule has 1 aromatic rings. The van der Waals surface area contributed by atoms with E-state index in [-0.39, 0.29) is 0 Å². The van der Waals surface area contributed by atoms with Crippen molar-refractivity contribution < 1.29 is 14.6 Å². The van der Waals surface area contributed by atoms with E-state index in [9.17, 15) is 5.11 Å². The van der Waals surface area contributed by atoms with Crippen LogP contribution in [0.3, 0.4) is 0 Å². The Morgan fingerprint density at radius 2 is 1.86 bits per heavy atom. The number of rotatable bonds is 3. The van der Waals surface area contributed by atoms with Crippen molar-refractivity contribution in [2.75, 3.05) is 14.2 Å². The summed E-state index contributed by atoms with van der Waals surface area (Å²) in [7, 11) is 3.20. The molecule has 0 fully saturated rings. The van der Waals surface area contributed by atoms with Gasteiger partial charge in [0.2, 0.25) is 0 Å². The summed E-state index contributed by atoms with van der Waals surface area (Å²) >= 11 is 0. The number of hydrogen-bond acceptors (Lipinski definition) is 3. The zero-order chi connectivity index (χ0) is 10.7. The summed E-state index contributed by atoms with van der Waals surface area (Å²) < 4.78 is 10.3. The molecule has 0 amide bonds. The lowest BCUT2D eigenvalue weighted by atomic mass is 10.0. The van der Waals surface area contributed by atoms with Gasteiger partial charge in [0.25, 0.3) is 0 Å². The number of ether oxygens (including phenoxy) is 2. The monoisotopic (exact) mass is 196 g/mol. The molecule has 0 bridgehead atoms. The van der Waals surface area contributed by atoms with Crippen LogP contribution in [-0.4, -0.2) is 19.3 Å². The largest absolute Gasteiger partial charge is 0.497 e. The fraction of sp³-hybridized carbons (Fsp3) is 0.455. The van der Waals surface area contributed by atoms with Gasteiger partial charge in [-0.3, -0.25) is 0 Å². The molecule has 3 nitrogen and oxygen atoms in total. The van der Waals surface area contributed by atoms with Gasteiger partial charge in [-0.1, -0.05) is 0 Å². The Morgan fingerprint density at radius 1 is 1.21 bits per heavy atom. The Kier molecular flexibility index (Phi) is 3.36. The fourth-order valence-electron chi connectivity index (χ4n) is 1.45. The maximum absolute atomic E-state index is 9.53. The van der Waals surface area contributed by atoms with Gasteiger partial charge in [-0.25, -0.2) is 0 Å². The first-order chi connectivity index (χ1) is 6.60. The molecular formula is C11H16O3. The Balaban J connectivity index is 3.27. The minimum Gasteiger partial charge on any atom is -0.497 e. The van der Waals surface area contributed by atoms with E-state index < -0.39 is 6.10 Å². The normalized spacial score (nSPS) is 12.4. The van der Waals surface area contributed by atoms with E-state index >= 15 is 0 Å². The van der Waals surface area contributed by atoms with Gasteiger partial charge in [0.1, 0.15) is 11.5 Å². The summed E-state index contributed by atoms with van der Waals surface area (Å²) in [5.41, 5.74) is 1.78. The smallest absolute Gasteiger partial charge is 0.125 e. The summed E-state index contributed by atoms with van der Waals surface area (Å²) in [5.74, 6) is 1.43. The van der Waals surface area contributed by atoms with Crippen molar-refractivity contribution in [2.24, 2.45) is 0 Å². The van der Waals surface area contributed by atoms with Gasteiger partial charge >= 0.3 is 0 Å². The summed E-state index contributed by atoms with van der Waals surface area (Å²) in [6.07, 6.45) is -0.515. The Labute approximate surface area is 84.3 Å². The Morgan fingerprint density at radius 3 is 2.29 bits per heavy atom. The van der Waals surface area contributed by atoms with E-state index in [1.807, 2.05) is 13.0 Å². The molecular weight excluding hydrogens is 180 g/mol. The SMILES string of the molecule is COc1cc(OC)c(C)c(C(C)O)c1. The minimum absolute atomic E-state index is 0.515. The van der Waals surface area contributed by atoms with E-state index in [1.165, 1.54) is 0 Å². The molecule has 0 aromatic heterocycles. The van der Waals surface area contributed by atoms with Crippen molar-refractivity contribution in [1.29, 1.82) is 0 Å². The second kappa shape index (κ2) is 4.33. The Hall–Kier alpha value is -1.22. The van der Waals surface area contributed by atoms with Crippen LogP contribution >= 0.6 is 0 Å². The van der Waals surface area contributed by atoms with Crippen LogP contribution in [0, 0.1) is 6.92 Å². The van der Waals surface area contributed by atoms with Crippen molar-refractivity contribution in [3.05, 3.63) is 23.3 Å². The van der Waals surface area contributed by atoms with Crippen LogP contribution in [0.15, 0.2) is 12.1 Å². The summed E-state index contributed by atoms with van der Waals surface area (Å²) in [4.78, 5) is 0. The predicted octanol–water partition coefficient (Wildman–Crippen LogP) is 2.07. The van der Waals surface area contributed by atoms with Crippen LogP contribution in [0.5, 0.6) is 11.5 Å². The number of hydrogen-bond donors (Lipinski definition) is 1. The fourth-order valence-corrected chi connectivity index (χ4v) is 1.45. The molecule has 1 N–H and O–H groups in total. The second-order valence-corrected chi connectivity index (χ2v) is 3.22. The van der Waals surface area contributed by atoms with Crippen LogP contribution in [0.25, 0.3) is 0 Å². The highest BCUT2D eigenvalue weighted by molar-refractivity contribution is 5.46. The third-order valence-corrected chi connectivity index (χ3v) is 2.28. The molecule has 1 atom stereocenters. The molecule has 0 aliphatic heterocycles. The third kappa shape index (κ3) is 1.99. The lowest BCUT2D eigenvalue weighted by Gasteiger charge is -2.14. The van der Waals surface area contributed by atoms with Gasteiger partial charge < -0.3 is 14.6 Å². The van der Waals surface area contributed by atoms with Gasteiger partial charge in [0, 0.05) is 6.07 Å². The molecule has 3 heteroatoms. The highest BCUT2D eigenvalue weighted by Crippen LogP contribution is 2.31. The molecule has 0 heterocycles. The maximum Gasteiger partial charge on any atom is 0.125 e. The van der Waals surface area contributed by atoms with Gasteiger partial charge in [0.05, 0.1) is 20.3 Å². The van der Waals surface area contributed by atoms with Crippen LogP contribution in [0.1, 0.15) is 24.2 Å². The number of aliphatic hydroxyl groups is 1. The van der Waals surface area contributed by atoms with Crippen LogP contribution in [0.2, 0.25) is 0 Å². The first-order valence-electron chi connectivity index (χ1n) is 4.50. The second-order valence-electron chi connectivity index (χ2n) is 3.22. The van der Waals surface area contributed by atoms with Crippen molar-refractivity contribution in [1.82, 2.24) is 0 Å². The number of methoxy groups -OCH3 is 2. The lowest BCUT2D eigenvalue weighted by molar-refractivity contribution is 0.197.